The molecular formula is C14H19N5. The van der Waals surface area contributed by atoms with Crippen LogP contribution in [-0.2, 0) is 19.4 Å². The summed E-state index contributed by atoms with van der Waals surface area (Å²) in [6.07, 6.45) is 1.70. The van der Waals surface area contributed by atoms with Gasteiger partial charge in [0.05, 0.1) is 6.54 Å². The van der Waals surface area contributed by atoms with Gasteiger partial charge >= 0.3 is 0 Å². The van der Waals surface area contributed by atoms with Gasteiger partial charge in [-0.25, -0.2) is 9.67 Å². The van der Waals surface area contributed by atoms with E-state index in [0.717, 1.165) is 35.6 Å². The van der Waals surface area contributed by atoms with Crippen molar-refractivity contribution in [1.82, 2.24) is 14.8 Å². The Morgan fingerprint density at radius 1 is 1.32 bits per heavy atom. The molecular weight excluding hydrogens is 238 g/mol. The number of hydrogen-bond donors (Lipinski definition) is 2. The number of nitrogens with zero attached hydrogens (tertiary/aromatic N) is 3. The summed E-state index contributed by atoms with van der Waals surface area (Å²) in [6, 6.07) is 7.69. The Hall–Kier alpha value is -2.17. The van der Waals surface area contributed by atoms with Crippen molar-refractivity contribution in [3.63, 3.8) is 0 Å². The number of hydrogen-bond acceptors (Lipinski definition) is 3. The lowest BCUT2D eigenvalue weighted by Crippen LogP contribution is -2.12. The number of nitrogen functional groups attached to an aromatic ring is 1. The van der Waals surface area contributed by atoms with Crippen LogP contribution in [0.3, 0.4) is 0 Å². The van der Waals surface area contributed by atoms with Crippen molar-refractivity contribution in [2.75, 3.05) is 0 Å². The van der Waals surface area contributed by atoms with Crippen molar-refractivity contribution in [2.24, 2.45) is 5.73 Å². The average molecular weight is 257 g/mol. The topological polar surface area (TPSA) is 80.6 Å². The summed E-state index contributed by atoms with van der Waals surface area (Å²) < 4.78 is 1.93. The third kappa shape index (κ3) is 2.99. The largest absolute Gasteiger partial charge is 0.384 e. The molecule has 2 rings (SSSR count). The first kappa shape index (κ1) is 13.3. The first-order chi connectivity index (χ1) is 9.13. The molecule has 0 fully saturated rings. The monoisotopic (exact) mass is 257 g/mol. The zero-order chi connectivity index (χ0) is 13.8. The van der Waals surface area contributed by atoms with Gasteiger partial charge < -0.3 is 5.73 Å². The number of nitrogens with one attached hydrogen (secondary N) is 1. The van der Waals surface area contributed by atoms with E-state index in [0.29, 0.717) is 6.54 Å². The van der Waals surface area contributed by atoms with Crippen LogP contribution in [0.15, 0.2) is 24.3 Å². The summed E-state index contributed by atoms with van der Waals surface area (Å²) >= 11 is 0. The molecule has 0 saturated carbocycles. The van der Waals surface area contributed by atoms with E-state index in [1.54, 1.807) is 0 Å². The normalized spacial score (nSPS) is 10.6. The fourth-order valence-corrected chi connectivity index (χ4v) is 1.97. The third-order valence-electron chi connectivity index (χ3n) is 2.99. The molecule has 2 aromatic rings. The minimum atomic E-state index is 0.0883. The van der Waals surface area contributed by atoms with Gasteiger partial charge in [-0.2, -0.15) is 5.10 Å². The molecule has 0 aliphatic heterocycles. The molecule has 5 nitrogen and oxygen atoms in total. The molecule has 0 aliphatic carbocycles. The Labute approximate surface area is 113 Å². The summed E-state index contributed by atoms with van der Waals surface area (Å²) in [5.41, 5.74) is 7.33. The van der Waals surface area contributed by atoms with Crippen molar-refractivity contribution in [3.8, 4) is 0 Å². The predicted molar refractivity (Wildman–Crippen MR) is 75.3 cm³/mol. The predicted octanol–water partition coefficient (Wildman–Crippen LogP) is 1.74. The van der Waals surface area contributed by atoms with E-state index >= 15 is 0 Å². The van der Waals surface area contributed by atoms with Gasteiger partial charge in [0.25, 0.3) is 0 Å². The van der Waals surface area contributed by atoms with Crippen molar-refractivity contribution in [1.29, 1.82) is 5.41 Å². The Balaban J connectivity index is 2.27. The lowest BCUT2D eigenvalue weighted by Gasteiger charge is -2.06. The Morgan fingerprint density at radius 3 is 2.74 bits per heavy atom. The SMILES string of the molecule is CCc1nc(CC)n(Cc2cccc(C(=N)N)c2)n1. The summed E-state index contributed by atoms with van der Waals surface area (Å²) in [4.78, 5) is 4.49. The van der Waals surface area contributed by atoms with Crippen LogP contribution in [0.25, 0.3) is 0 Å². The zero-order valence-corrected chi connectivity index (χ0v) is 11.3. The standard InChI is InChI=1S/C14H19N5/c1-3-12-17-13(4-2)19(18-12)9-10-6-5-7-11(8-10)14(15)16/h5-8H,3-4,9H2,1-2H3,(H3,15,16). The first-order valence-corrected chi connectivity index (χ1v) is 6.50. The van der Waals surface area contributed by atoms with Crippen LogP contribution in [0.1, 0.15) is 36.6 Å². The van der Waals surface area contributed by atoms with E-state index < -0.39 is 0 Å². The Kier molecular flexibility index (Phi) is 3.94. The van der Waals surface area contributed by atoms with Gasteiger partial charge in [-0.3, -0.25) is 5.41 Å². The minimum absolute atomic E-state index is 0.0883. The highest BCUT2D eigenvalue weighted by atomic mass is 15.3. The maximum atomic E-state index is 7.47. The van der Waals surface area contributed by atoms with E-state index in [-0.39, 0.29) is 5.84 Å². The number of aryl methyl sites for hydroxylation is 2. The van der Waals surface area contributed by atoms with E-state index in [1.165, 1.54) is 0 Å². The van der Waals surface area contributed by atoms with Crippen LogP contribution in [0.2, 0.25) is 0 Å². The van der Waals surface area contributed by atoms with Gasteiger partial charge in [0.2, 0.25) is 0 Å². The van der Waals surface area contributed by atoms with E-state index in [4.69, 9.17) is 11.1 Å². The zero-order valence-electron chi connectivity index (χ0n) is 11.3. The van der Waals surface area contributed by atoms with Crippen molar-refractivity contribution in [3.05, 3.63) is 47.0 Å². The van der Waals surface area contributed by atoms with Crippen LogP contribution in [0.5, 0.6) is 0 Å². The molecule has 5 heteroatoms. The summed E-state index contributed by atoms with van der Waals surface area (Å²) in [5.74, 6) is 1.95. The lowest BCUT2D eigenvalue weighted by molar-refractivity contribution is 0.637. The number of amidine groups is 1. The van der Waals surface area contributed by atoms with E-state index in [2.05, 4.69) is 23.9 Å². The van der Waals surface area contributed by atoms with Gasteiger partial charge in [-0.05, 0) is 11.6 Å². The Morgan fingerprint density at radius 2 is 2.11 bits per heavy atom. The van der Waals surface area contributed by atoms with Crippen LogP contribution < -0.4 is 5.73 Å². The van der Waals surface area contributed by atoms with Crippen molar-refractivity contribution in [2.45, 2.75) is 33.2 Å². The Bertz CT molecular complexity index is 585. The molecule has 0 atom stereocenters. The molecule has 0 aliphatic rings. The molecule has 0 unspecified atom stereocenters. The highest BCUT2D eigenvalue weighted by Crippen LogP contribution is 2.09. The quantitative estimate of drug-likeness (QED) is 0.632. The fraction of sp³-hybridized carbons (Fsp3) is 0.357. The molecule has 0 radical (unpaired) electrons. The second kappa shape index (κ2) is 5.65. The van der Waals surface area contributed by atoms with E-state index in [9.17, 15) is 0 Å². The molecule has 0 amide bonds. The molecule has 100 valence electrons. The second-order valence-electron chi connectivity index (χ2n) is 4.42. The van der Waals surface area contributed by atoms with Crippen molar-refractivity contribution >= 4 is 5.84 Å². The third-order valence-corrected chi connectivity index (χ3v) is 2.99. The van der Waals surface area contributed by atoms with Crippen LogP contribution >= 0.6 is 0 Å². The van der Waals surface area contributed by atoms with E-state index in [1.807, 2.05) is 28.9 Å². The molecule has 19 heavy (non-hydrogen) atoms. The molecule has 1 heterocycles. The molecule has 0 bridgehead atoms. The van der Waals surface area contributed by atoms with Gasteiger partial charge in [0, 0.05) is 18.4 Å². The van der Waals surface area contributed by atoms with Crippen LogP contribution in [0.4, 0.5) is 0 Å². The summed E-state index contributed by atoms with van der Waals surface area (Å²) in [5, 5.41) is 12.0. The number of benzene rings is 1. The molecule has 3 N–H and O–H groups in total. The van der Waals surface area contributed by atoms with Gasteiger partial charge in [0.1, 0.15) is 11.7 Å². The maximum absolute atomic E-state index is 7.47. The van der Waals surface area contributed by atoms with Crippen molar-refractivity contribution < 1.29 is 0 Å². The van der Waals surface area contributed by atoms with Crippen LogP contribution in [-0.4, -0.2) is 20.6 Å². The van der Waals surface area contributed by atoms with Crippen LogP contribution in [0, 0.1) is 5.41 Å². The smallest absolute Gasteiger partial charge is 0.150 e. The molecule has 0 saturated heterocycles. The summed E-state index contributed by atoms with van der Waals surface area (Å²) in [7, 11) is 0. The highest BCUT2D eigenvalue weighted by molar-refractivity contribution is 5.95. The fourth-order valence-electron chi connectivity index (χ4n) is 1.97. The molecule has 0 spiro atoms. The first-order valence-electron chi connectivity index (χ1n) is 6.50. The number of aromatic nitrogens is 3. The molecule has 1 aromatic heterocycles. The minimum Gasteiger partial charge on any atom is -0.384 e. The van der Waals surface area contributed by atoms with Gasteiger partial charge in [0.15, 0.2) is 5.82 Å². The summed E-state index contributed by atoms with van der Waals surface area (Å²) in [6.45, 7) is 4.79. The second-order valence-corrected chi connectivity index (χ2v) is 4.42. The average Bonchev–Trinajstić information content (AvgIpc) is 2.81. The lowest BCUT2D eigenvalue weighted by atomic mass is 10.1. The molecule has 1 aromatic carbocycles. The number of rotatable bonds is 5. The highest BCUT2D eigenvalue weighted by Gasteiger charge is 2.08. The number of nitrogens with two attached hydrogens (primary N) is 1. The van der Waals surface area contributed by atoms with Gasteiger partial charge in [-0.1, -0.05) is 32.0 Å². The maximum Gasteiger partial charge on any atom is 0.150 e. The van der Waals surface area contributed by atoms with Gasteiger partial charge in [-0.15, -0.1) is 0 Å².